The molecule has 0 amide bonds. The fourth-order valence-electron chi connectivity index (χ4n) is 1.24. The zero-order valence-corrected chi connectivity index (χ0v) is 12.3. The summed E-state index contributed by atoms with van der Waals surface area (Å²) < 4.78 is 7.19. The van der Waals surface area contributed by atoms with E-state index in [4.69, 9.17) is 4.42 Å². The Morgan fingerprint density at radius 3 is 2.60 bits per heavy atom. The van der Waals surface area contributed by atoms with E-state index in [0.717, 1.165) is 21.4 Å². The second-order valence-electron chi connectivity index (χ2n) is 3.67. The highest BCUT2D eigenvalue weighted by molar-refractivity contribution is 9.13. The van der Waals surface area contributed by atoms with Crippen LogP contribution in [-0.2, 0) is 0 Å². The zero-order chi connectivity index (χ0) is 11.4. The molecule has 1 aromatic rings. The Morgan fingerprint density at radius 2 is 2.20 bits per heavy atom. The highest BCUT2D eigenvalue weighted by Gasteiger charge is 2.07. The average Bonchev–Trinajstić information content (AvgIpc) is 2.45. The van der Waals surface area contributed by atoms with Crippen LogP contribution in [0.2, 0.25) is 0 Å². The number of furan rings is 1. The first kappa shape index (κ1) is 13.0. The topological polar surface area (TPSA) is 25.2 Å². The van der Waals surface area contributed by atoms with Crippen LogP contribution in [0.1, 0.15) is 19.6 Å². The Bertz CT molecular complexity index is 336. The van der Waals surface area contributed by atoms with Crippen molar-refractivity contribution >= 4 is 37.9 Å². The van der Waals surface area contributed by atoms with Crippen LogP contribution in [0.5, 0.6) is 0 Å². The highest BCUT2D eigenvalue weighted by atomic mass is 79.9. The number of nitrogens with one attached hydrogen (secondary N) is 1. The van der Waals surface area contributed by atoms with Crippen LogP contribution in [0.15, 0.2) is 25.2 Å². The van der Waals surface area contributed by atoms with Crippen molar-refractivity contribution in [1.82, 2.24) is 5.32 Å². The van der Waals surface area contributed by atoms with Gasteiger partial charge in [-0.25, -0.2) is 0 Å². The maximum Gasteiger partial charge on any atom is 0.184 e. The van der Waals surface area contributed by atoms with Crippen LogP contribution in [0, 0.1) is 5.92 Å². The predicted molar refractivity (Wildman–Crippen MR) is 70.8 cm³/mol. The first-order chi connectivity index (χ1) is 7.04. The summed E-state index contributed by atoms with van der Waals surface area (Å²) in [4.78, 5) is 0. The minimum Gasteiger partial charge on any atom is -0.449 e. The molecule has 0 saturated heterocycles. The summed E-state index contributed by atoms with van der Waals surface area (Å²) in [5, 5.41) is 3.16. The van der Waals surface area contributed by atoms with Gasteiger partial charge in [-0.2, -0.15) is 0 Å². The second-order valence-corrected chi connectivity index (χ2v) is 5.25. The van der Waals surface area contributed by atoms with Crippen LogP contribution in [0.25, 0.3) is 6.08 Å². The lowest BCUT2D eigenvalue weighted by Crippen LogP contribution is -2.13. The van der Waals surface area contributed by atoms with Gasteiger partial charge in [-0.1, -0.05) is 19.4 Å². The molecule has 0 radical (unpaired) electrons. The molecule has 0 atom stereocenters. The third-order valence-electron chi connectivity index (χ3n) is 2.11. The van der Waals surface area contributed by atoms with Crippen molar-refractivity contribution in [3.05, 3.63) is 26.5 Å². The van der Waals surface area contributed by atoms with E-state index >= 15 is 0 Å². The van der Waals surface area contributed by atoms with Gasteiger partial charge < -0.3 is 9.73 Å². The van der Waals surface area contributed by atoms with E-state index in [0.29, 0.717) is 5.92 Å². The van der Waals surface area contributed by atoms with Gasteiger partial charge in [0.1, 0.15) is 5.76 Å². The number of hydrogen-bond acceptors (Lipinski definition) is 2. The number of hydrogen-bond donors (Lipinski definition) is 1. The van der Waals surface area contributed by atoms with E-state index in [1.54, 1.807) is 0 Å². The molecule has 0 fully saturated rings. The Labute approximate surface area is 107 Å². The average molecular weight is 337 g/mol. The standard InChI is InChI=1S/C11H15Br2NO/c1-7(2)8(6-14-3)4-9-5-10(12)11(13)15-9/h4-5,7,14H,6H2,1-3H3. The van der Waals surface area contributed by atoms with Crippen LogP contribution < -0.4 is 5.32 Å². The molecule has 15 heavy (non-hydrogen) atoms. The van der Waals surface area contributed by atoms with E-state index in [2.05, 4.69) is 57.1 Å². The number of rotatable bonds is 4. The normalized spacial score (nSPS) is 12.5. The van der Waals surface area contributed by atoms with E-state index in [9.17, 15) is 0 Å². The summed E-state index contributed by atoms with van der Waals surface area (Å²) in [5.74, 6) is 1.38. The lowest BCUT2D eigenvalue weighted by Gasteiger charge is -2.09. The van der Waals surface area contributed by atoms with Gasteiger partial charge in [0.25, 0.3) is 0 Å². The van der Waals surface area contributed by atoms with Crippen LogP contribution in [0.3, 0.4) is 0 Å². The summed E-state index contributed by atoms with van der Waals surface area (Å²) in [6.07, 6.45) is 2.08. The molecular formula is C11H15Br2NO. The van der Waals surface area contributed by atoms with Crippen molar-refractivity contribution in [2.75, 3.05) is 13.6 Å². The van der Waals surface area contributed by atoms with Crippen LogP contribution in [0.4, 0.5) is 0 Å². The molecule has 0 bridgehead atoms. The molecule has 1 aromatic heterocycles. The minimum atomic E-state index is 0.514. The molecule has 0 saturated carbocycles. The second kappa shape index (κ2) is 5.87. The third-order valence-corrected chi connectivity index (χ3v) is 3.82. The van der Waals surface area contributed by atoms with Crippen molar-refractivity contribution < 1.29 is 4.42 Å². The highest BCUT2D eigenvalue weighted by Crippen LogP contribution is 2.28. The van der Waals surface area contributed by atoms with Crippen LogP contribution >= 0.6 is 31.9 Å². The van der Waals surface area contributed by atoms with Gasteiger partial charge in [0.15, 0.2) is 4.67 Å². The molecule has 0 aromatic carbocycles. The van der Waals surface area contributed by atoms with Crippen molar-refractivity contribution in [2.45, 2.75) is 13.8 Å². The fraction of sp³-hybridized carbons (Fsp3) is 0.455. The van der Waals surface area contributed by atoms with Gasteiger partial charge in [0.2, 0.25) is 0 Å². The Balaban J connectivity index is 2.91. The summed E-state index contributed by atoms with van der Waals surface area (Å²) in [7, 11) is 1.95. The van der Waals surface area contributed by atoms with E-state index in [-0.39, 0.29) is 0 Å². The maximum atomic E-state index is 5.51. The van der Waals surface area contributed by atoms with Gasteiger partial charge in [-0.15, -0.1) is 0 Å². The Morgan fingerprint density at radius 1 is 1.53 bits per heavy atom. The molecule has 1 N–H and O–H groups in total. The largest absolute Gasteiger partial charge is 0.449 e. The molecule has 0 unspecified atom stereocenters. The summed E-state index contributed by atoms with van der Waals surface area (Å²) in [6.45, 7) is 5.24. The van der Waals surface area contributed by atoms with Gasteiger partial charge >= 0.3 is 0 Å². The fourth-order valence-corrected chi connectivity index (χ4v) is 1.85. The van der Waals surface area contributed by atoms with Gasteiger partial charge in [0.05, 0.1) is 4.47 Å². The molecule has 1 rings (SSSR count). The van der Waals surface area contributed by atoms with Gasteiger partial charge in [-0.3, -0.25) is 0 Å². The molecule has 0 aliphatic heterocycles. The SMILES string of the molecule is CNCC(=Cc1cc(Br)c(Br)o1)C(C)C. The molecule has 2 nitrogen and oxygen atoms in total. The van der Waals surface area contributed by atoms with Crippen molar-refractivity contribution in [2.24, 2.45) is 5.92 Å². The lowest BCUT2D eigenvalue weighted by molar-refractivity contribution is 0.528. The van der Waals surface area contributed by atoms with Crippen molar-refractivity contribution in [3.63, 3.8) is 0 Å². The lowest BCUT2D eigenvalue weighted by atomic mass is 10.0. The minimum absolute atomic E-state index is 0.514. The summed E-state index contributed by atoms with van der Waals surface area (Å²) in [6, 6.07) is 1.96. The number of likely N-dealkylation sites (N-methyl/N-ethyl adjacent to an activating group) is 1. The van der Waals surface area contributed by atoms with Gasteiger partial charge in [-0.05, 0) is 57.0 Å². The molecule has 84 valence electrons. The zero-order valence-electron chi connectivity index (χ0n) is 9.10. The summed E-state index contributed by atoms with van der Waals surface area (Å²) in [5.41, 5.74) is 1.33. The third kappa shape index (κ3) is 3.78. The van der Waals surface area contributed by atoms with E-state index in [1.165, 1.54) is 5.57 Å². The van der Waals surface area contributed by atoms with Crippen molar-refractivity contribution in [3.8, 4) is 0 Å². The molecule has 0 aliphatic carbocycles. The van der Waals surface area contributed by atoms with E-state index < -0.39 is 0 Å². The molecule has 1 heterocycles. The first-order valence-corrected chi connectivity index (χ1v) is 6.43. The van der Waals surface area contributed by atoms with E-state index in [1.807, 2.05) is 13.1 Å². The molecule has 0 spiro atoms. The van der Waals surface area contributed by atoms with Crippen LogP contribution in [-0.4, -0.2) is 13.6 Å². The Kier molecular flexibility index (Phi) is 5.09. The Hall–Kier alpha value is -0.0600. The quantitative estimate of drug-likeness (QED) is 0.896. The monoisotopic (exact) mass is 335 g/mol. The number of halogens is 2. The smallest absolute Gasteiger partial charge is 0.184 e. The van der Waals surface area contributed by atoms with Crippen molar-refractivity contribution in [1.29, 1.82) is 0 Å². The molecule has 4 heteroatoms. The predicted octanol–water partition coefficient (Wildman–Crippen LogP) is 4.06. The maximum absolute atomic E-state index is 5.51. The molecular weight excluding hydrogens is 322 g/mol. The summed E-state index contributed by atoms with van der Waals surface area (Å²) >= 11 is 6.72. The van der Waals surface area contributed by atoms with Gasteiger partial charge in [0, 0.05) is 6.54 Å². The molecule has 0 aliphatic rings. The first-order valence-electron chi connectivity index (χ1n) is 4.84.